The van der Waals surface area contributed by atoms with E-state index >= 15 is 0 Å². The van der Waals surface area contributed by atoms with Crippen molar-refractivity contribution in [3.8, 4) is 5.75 Å². The van der Waals surface area contributed by atoms with Gasteiger partial charge >= 0.3 is 0 Å². The number of hydrogen-bond acceptors (Lipinski definition) is 3. The lowest BCUT2D eigenvalue weighted by atomic mass is 9.94. The third-order valence-corrected chi connectivity index (χ3v) is 8.29. The fourth-order valence-electron chi connectivity index (χ4n) is 5.33. The van der Waals surface area contributed by atoms with Crippen LogP contribution in [0.4, 0.5) is 0 Å². The Morgan fingerprint density at radius 3 is 2.41 bits per heavy atom. The van der Waals surface area contributed by atoms with E-state index in [2.05, 4.69) is 10.6 Å². The smallest absolute Gasteiger partial charge is 0.254 e. The first-order valence-electron chi connectivity index (χ1n) is 14.0. The zero-order valence-electron chi connectivity index (χ0n) is 23.3. The summed E-state index contributed by atoms with van der Waals surface area (Å²) < 4.78 is 7.42. The molecular weight excluding hydrogens is 510 g/mol. The van der Waals surface area contributed by atoms with Gasteiger partial charge in [-0.2, -0.15) is 0 Å². The van der Waals surface area contributed by atoms with Crippen LogP contribution in [0.25, 0.3) is 0 Å². The fraction of sp³-hybridized carbons (Fsp3) is 0.438. The molecule has 1 aliphatic rings. The van der Waals surface area contributed by atoms with Crippen molar-refractivity contribution in [1.82, 2.24) is 14.4 Å². The molecule has 1 unspecified atom stereocenters. The van der Waals surface area contributed by atoms with Crippen LogP contribution >= 0.6 is 11.6 Å². The van der Waals surface area contributed by atoms with Gasteiger partial charge in [-0.3, -0.25) is 9.59 Å². The number of hydrogen-bond donors (Lipinski definition) is 0. The standard InChI is InChI=1S/C32H40ClN3O3/c1-4-24(2)35(32(38)25-16-18-29(39-3)19-17-25)23-31(37)36(27-12-6-5-7-13-27)22-28-14-10-20-34(28)21-26-11-8-9-15-30(26)33/h8-11,14-20,24,27H,4-7,12-13,21-23H2,1-3H3. The fourth-order valence-corrected chi connectivity index (χ4v) is 5.53. The maximum Gasteiger partial charge on any atom is 0.254 e. The quantitative estimate of drug-likeness (QED) is 0.264. The van der Waals surface area contributed by atoms with Crippen molar-refractivity contribution in [1.29, 1.82) is 0 Å². The molecule has 3 aromatic rings. The largest absolute Gasteiger partial charge is 0.497 e. The number of benzene rings is 2. The highest BCUT2D eigenvalue weighted by Crippen LogP contribution is 2.26. The van der Waals surface area contributed by atoms with E-state index < -0.39 is 0 Å². The maximum atomic E-state index is 14.0. The van der Waals surface area contributed by atoms with Crippen molar-refractivity contribution in [2.24, 2.45) is 0 Å². The average Bonchev–Trinajstić information content (AvgIpc) is 3.41. The number of carbonyl (C=O) groups is 2. The van der Waals surface area contributed by atoms with Gasteiger partial charge in [-0.25, -0.2) is 0 Å². The van der Waals surface area contributed by atoms with Crippen molar-refractivity contribution >= 4 is 23.4 Å². The number of nitrogens with zero attached hydrogens (tertiary/aromatic N) is 3. The summed E-state index contributed by atoms with van der Waals surface area (Å²) in [6.45, 7) is 5.26. The minimum atomic E-state index is -0.133. The molecule has 0 saturated heterocycles. The molecule has 2 aromatic carbocycles. The Bertz CT molecular complexity index is 1230. The van der Waals surface area contributed by atoms with Gasteiger partial charge in [-0.05, 0) is 74.2 Å². The lowest BCUT2D eigenvalue weighted by Crippen LogP contribution is -2.49. The molecule has 4 rings (SSSR count). The summed E-state index contributed by atoms with van der Waals surface area (Å²) >= 11 is 6.45. The Balaban J connectivity index is 1.57. The lowest BCUT2D eigenvalue weighted by Gasteiger charge is -2.37. The molecule has 0 spiro atoms. The number of halogens is 1. The minimum Gasteiger partial charge on any atom is -0.497 e. The van der Waals surface area contributed by atoms with E-state index in [9.17, 15) is 9.59 Å². The van der Waals surface area contributed by atoms with E-state index in [1.807, 2.05) is 55.3 Å². The maximum absolute atomic E-state index is 14.0. The molecule has 1 fully saturated rings. The first kappa shape index (κ1) is 28.8. The highest BCUT2D eigenvalue weighted by molar-refractivity contribution is 6.31. The van der Waals surface area contributed by atoms with Crippen LogP contribution in [-0.4, -0.2) is 51.9 Å². The van der Waals surface area contributed by atoms with Crippen LogP contribution in [0.1, 0.15) is 74.0 Å². The summed E-state index contributed by atoms with van der Waals surface area (Å²) in [5.41, 5.74) is 2.66. The first-order valence-corrected chi connectivity index (χ1v) is 14.4. The van der Waals surface area contributed by atoms with Gasteiger partial charge in [-0.1, -0.05) is 56.0 Å². The van der Waals surface area contributed by atoms with Crippen LogP contribution in [0.15, 0.2) is 66.9 Å². The second kappa shape index (κ2) is 13.7. The van der Waals surface area contributed by atoms with E-state index in [1.165, 1.54) is 6.42 Å². The highest BCUT2D eigenvalue weighted by Gasteiger charge is 2.30. The van der Waals surface area contributed by atoms with E-state index in [0.29, 0.717) is 24.4 Å². The zero-order valence-corrected chi connectivity index (χ0v) is 24.1. The van der Waals surface area contributed by atoms with Gasteiger partial charge in [0.2, 0.25) is 5.91 Å². The molecule has 0 N–H and O–H groups in total. The van der Waals surface area contributed by atoms with Crippen LogP contribution in [0.2, 0.25) is 5.02 Å². The number of aromatic nitrogens is 1. The molecular formula is C32H40ClN3O3. The SMILES string of the molecule is CCC(C)N(CC(=O)N(Cc1cccn1Cc1ccccc1Cl)C1CCCCC1)C(=O)c1ccc(OC)cc1. The molecule has 1 aliphatic carbocycles. The predicted molar refractivity (Wildman–Crippen MR) is 156 cm³/mol. The molecule has 1 atom stereocenters. The Labute approximate surface area is 237 Å². The second-order valence-corrected chi connectivity index (χ2v) is 10.9. The molecule has 0 aliphatic heterocycles. The molecule has 7 heteroatoms. The van der Waals surface area contributed by atoms with Crippen LogP contribution in [0.3, 0.4) is 0 Å². The number of rotatable bonds is 11. The van der Waals surface area contributed by atoms with E-state index in [0.717, 1.165) is 48.4 Å². The highest BCUT2D eigenvalue weighted by atomic mass is 35.5. The van der Waals surface area contributed by atoms with E-state index in [4.69, 9.17) is 16.3 Å². The number of amides is 2. The molecule has 0 bridgehead atoms. The van der Waals surface area contributed by atoms with Crippen molar-refractivity contribution in [3.63, 3.8) is 0 Å². The summed E-state index contributed by atoms with van der Waals surface area (Å²) in [5, 5.41) is 0.735. The van der Waals surface area contributed by atoms with Crippen LogP contribution in [0.5, 0.6) is 5.75 Å². The van der Waals surface area contributed by atoms with E-state index in [-0.39, 0.29) is 30.4 Å². The van der Waals surface area contributed by atoms with Crippen molar-refractivity contribution in [3.05, 3.63) is 88.7 Å². The Hall–Kier alpha value is -3.25. The summed E-state index contributed by atoms with van der Waals surface area (Å²) in [7, 11) is 1.60. The molecule has 6 nitrogen and oxygen atoms in total. The molecule has 0 radical (unpaired) electrons. The zero-order chi connectivity index (χ0) is 27.8. The van der Waals surface area contributed by atoms with Gasteiger partial charge in [0.25, 0.3) is 5.91 Å². The molecule has 1 aromatic heterocycles. The van der Waals surface area contributed by atoms with Crippen molar-refractivity contribution < 1.29 is 14.3 Å². The number of methoxy groups -OCH3 is 1. The molecule has 1 saturated carbocycles. The molecule has 39 heavy (non-hydrogen) atoms. The van der Waals surface area contributed by atoms with Gasteiger partial charge in [0, 0.05) is 41.1 Å². The summed E-state index contributed by atoms with van der Waals surface area (Å²) in [4.78, 5) is 31.4. The van der Waals surface area contributed by atoms with Gasteiger partial charge < -0.3 is 19.1 Å². The monoisotopic (exact) mass is 549 g/mol. The topological polar surface area (TPSA) is 54.8 Å². The van der Waals surface area contributed by atoms with Crippen molar-refractivity contribution in [2.45, 2.75) is 77.5 Å². The van der Waals surface area contributed by atoms with Crippen LogP contribution in [-0.2, 0) is 17.9 Å². The lowest BCUT2D eigenvalue weighted by molar-refractivity contribution is -0.136. The summed E-state index contributed by atoms with van der Waals surface area (Å²) in [5.74, 6) is 0.557. The molecule has 1 heterocycles. The third kappa shape index (κ3) is 7.24. The second-order valence-electron chi connectivity index (χ2n) is 10.5. The Morgan fingerprint density at radius 2 is 1.74 bits per heavy atom. The molecule has 208 valence electrons. The number of carbonyl (C=O) groups excluding carboxylic acids is 2. The van der Waals surface area contributed by atoms with Gasteiger partial charge in [-0.15, -0.1) is 0 Å². The Kier molecular flexibility index (Phi) is 10.1. The van der Waals surface area contributed by atoms with Crippen LogP contribution in [0, 0.1) is 0 Å². The van der Waals surface area contributed by atoms with Crippen molar-refractivity contribution in [2.75, 3.05) is 13.7 Å². The summed E-state index contributed by atoms with van der Waals surface area (Å²) in [6.07, 6.45) is 8.24. The predicted octanol–water partition coefficient (Wildman–Crippen LogP) is 6.80. The average molecular weight is 550 g/mol. The van der Waals surface area contributed by atoms with Gasteiger partial charge in [0.05, 0.1) is 13.7 Å². The third-order valence-electron chi connectivity index (χ3n) is 7.92. The molecule has 2 amide bonds. The van der Waals surface area contributed by atoms with Gasteiger partial charge in [0.15, 0.2) is 0 Å². The first-order chi connectivity index (χ1) is 18.9. The number of ether oxygens (including phenoxy) is 1. The Morgan fingerprint density at radius 1 is 1.03 bits per heavy atom. The summed E-state index contributed by atoms with van der Waals surface area (Å²) in [6, 6.07) is 19.2. The van der Waals surface area contributed by atoms with Crippen LogP contribution < -0.4 is 4.74 Å². The van der Waals surface area contributed by atoms with Gasteiger partial charge in [0.1, 0.15) is 12.3 Å². The normalized spacial score (nSPS) is 14.6. The minimum absolute atomic E-state index is 0.00504. The van der Waals surface area contributed by atoms with E-state index in [1.54, 1.807) is 36.3 Å².